The SMILES string of the molecule is O=C(OCc1cc(=O)oc2cc(O)ccc12)c1oc2ccccc2c1CSC1CCCCC1. The van der Waals surface area contributed by atoms with Crippen LogP contribution in [0.15, 0.2) is 62.2 Å². The van der Waals surface area contributed by atoms with Crippen LogP contribution in [-0.2, 0) is 17.1 Å². The molecule has 0 unspecified atom stereocenters. The van der Waals surface area contributed by atoms with Gasteiger partial charge >= 0.3 is 11.6 Å². The minimum atomic E-state index is -0.576. The Balaban J connectivity index is 1.39. The number of furan rings is 1. The van der Waals surface area contributed by atoms with E-state index in [4.69, 9.17) is 13.6 Å². The molecule has 2 heterocycles. The quantitative estimate of drug-likeness (QED) is 0.270. The van der Waals surface area contributed by atoms with Crippen molar-refractivity contribution in [1.29, 1.82) is 0 Å². The highest BCUT2D eigenvalue weighted by Gasteiger charge is 2.24. The molecule has 2 aromatic carbocycles. The first-order valence-corrected chi connectivity index (χ1v) is 12.2. The molecule has 0 saturated heterocycles. The Labute approximate surface area is 194 Å². The molecule has 0 amide bonds. The number of fused-ring (bicyclic) bond motifs is 2. The molecule has 6 nitrogen and oxygen atoms in total. The molecule has 1 fully saturated rings. The van der Waals surface area contributed by atoms with Crippen molar-refractivity contribution in [2.75, 3.05) is 0 Å². The number of ether oxygens (including phenoxy) is 1. The zero-order valence-corrected chi connectivity index (χ0v) is 18.9. The van der Waals surface area contributed by atoms with E-state index in [0.29, 0.717) is 27.5 Å². The van der Waals surface area contributed by atoms with Crippen LogP contribution in [0, 0.1) is 0 Å². The number of phenolic OH excluding ortho intramolecular Hbond substituents is 1. The van der Waals surface area contributed by atoms with Crippen LogP contribution in [0.1, 0.15) is 53.8 Å². The van der Waals surface area contributed by atoms with Gasteiger partial charge < -0.3 is 18.7 Å². The van der Waals surface area contributed by atoms with Crippen molar-refractivity contribution in [2.45, 2.75) is 49.7 Å². The van der Waals surface area contributed by atoms with E-state index in [-0.39, 0.29) is 23.7 Å². The third-order valence-electron chi connectivity index (χ3n) is 6.07. The van der Waals surface area contributed by atoms with Crippen LogP contribution in [0.4, 0.5) is 0 Å². The normalized spacial score (nSPS) is 14.7. The van der Waals surface area contributed by atoms with E-state index in [2.05, 4.69) is 0 Å². The van der Waals surface area contributed by atoms with Crippen molar-refractivity contribution in [3.8, 4) is 5.75 Å². The van der Waals surface area contributed by atoms with E-state index < -0.39 is 11.6 Å². The monoisotopic (exact) mass is 464 g/mol. The maximum Gasteiger partial charge on any atom is 0.374 e. The van der Waals surface area contributed by atoms with Gasteiger partial charge in [-0.15, -0.1) is 0 Å². The fourth-order valence-electron chi connectivity index (χ4n) is 4.39. The lowest BCUT2D eigenvalue weighted by Crippen LogP contribution is -2.10. The number of hydrogen-bond donors (Lipinski definition) is 1. The molecule has 5 rings (SSSR count). The fraction of sp³-hybridized carbons (Fsp3) is 0.308. The van der Waals surface area contributed by atoms with E-state index in [9.17, 15) is 14.7 Å². The van der Waals surface area contributed by atoms with E-state index >= 15 is 0 Å². The van der Waals surface area contributed by atoms with Crippen LogP contribution in [-0.4, -0.2) is 16.3 Å². The highest BCUT2D eigenvalue weighted by molar-refractivity contribution is 7.99. The average molecular weight is 465 g/mol. The Bertz CT molecular complexity index is 1360. The lowest BCUT2D eigenvalue weighted by atomic mass is 10.0. The molecule has 7 heteroatoms. The first-order valence-electron chi connectivity index (χ1n) is 11.1. The molecule has 1 aliphatic rings. The van der Waals surface area contributed by atoms with Gasteiger partial charge in [-0.25, -0.2) is 9.59 Å². The number of esters is 1. The first kappa shape index (κ1) is 21.6. The van der Waals surface area contributed by atoms with Crippen LogP contribution in [0.3, 0.4) is 0 Å². The largest absolute Gasteiger partial charge is 0.508 e. The van der Waals surface area contributed by atoms with Crippen molar-refractivity contribution < 1.29 is 23.5 Å². The average Bonchev–Trinajstić information content (AvgIpc) is 3.20. The van der Waals surface area contributed by atoms with E-state index in [1.807, 2.05) is 36.0 Å². The van der Waals surface area contributed by atoms with E-state index in [0.717, 1.165) is 10.9 Å². The smallest absolute Gasteiger partial charge is 0.374 e. The number of carbonyl (C=O) groups is 1. The van der Waals surface area contributed by atoms with Gasteiger partial charge in [-0.1, -0.05) is 37.5 Å². The summed E-state index contributed by atoms with van der Waals surface area (Å²) in [5, 5.41) is 11.8. The lowest BCUT2D eigenvalue weighted by molar-refractivity contribution is 0.0438. The Morgan fingerprint density at radius 2 is 1.82 bits per heavy atom. The van der Waals surface area contributed by atoms with Crippen LogP contribution < -0.4 is 5.63 Å². The second-order valence-corrected chi connectivity index (χ2v) is 9.61. The maximum absolute atomic E-state index is 13.1. The molecule has 0 aliphatic heterocycles. The van der Waals surface area contributed by atoms with Crippen LogP contribution >= 0.6 is 11.8 Å². The highest BCUT2D eigenvalue weighted by Crippen LogP contribution is 2.35. The van der Waals surface area contributed by atoms with Crippen molar-refractivity contribution in [1.82, 2.24) is 0 Å². The molecule has 0 radical (unpaired) electrons. The van der Waals surface area contributed by atoms with Crippen LogP contribution in [0.5, 0.6) is 5.75 Å². The summed E-state index contributed by atoms with van der Waals surface area (Å²) in [5.74, 6) is 0.320. The van der Waals surface area contributed by atoms with Gasteiger partial charge in [-0.05, 0) is 31.0 Å². The zero-order chi connectivity index (χ0) is 22.8. The summed E-state index contributed by atoms with van der Waals surface area (Å²) >= 11 is 1.88. The number of phenols is 1. The summed E-state index contributed by atoms with van der Waals surface area (Å²) in [5.41, 5.74) is 1.68. The minimum Gasteiger partial charge on any atom is -0.508 e. The molecule has 2 aromatic heterocycles. The van der Waals surface area contributed by atoms with Gasteiger partial charge in [0.1, 0.15) is 23.5 Å². The molecular weight excluding hydrogens is 440 g/mol. The number of aromatic hydroxyl groups is 1. The molecule has 0 bridgehead atoms. The second-order valence-electron chi connectivity index (χ2n) is 8.32. The summed E-state index contributed by atoms with van der Waals surface area (Å²) in [6.45, 7) is -0.113. The Morgan fingerprint density at radius 3 is 2.67 bits per heavy atom. The maximum atomic E-state index is 13.1. The van der Waals surface area contributed by atoms with Gasteiger partial charge in [0.15, 0.2) is 0 Å². The molecule has 1 saturated carbocycles. The fourth-order valence-corrected chi connectivity index (χ4v) is 5.74. The number of benzene rings is 2. The van der Waals surface area contributed by atoms with E-state index in [1.54, 1.807) is 6.07 Å². The predicted octanol–water partition coefficient (Wildman–Crippen LogP) is 6.17. The predicted molar refractivity (Wildman–Crippen MR) is 128 cm³/mol. The number of rotatable bonds is 6. The summed E-state index contributed by atoms with van der Waals surface area (Å²) in [7, 11) is 0. The highest BCUT2D eigenvalue weighted by atomic mass is 32.2. The molecule has 1 N–H and O–H groups in total. The van der Waals surface area contributed by atoms with Gasteiger partial charge in [0, 0.05) is 45.0 Å². The van der Waals surface area contributed by atoms with E-state index in [1.165, 1.54) is 50.3 Å². The van der Waals surface area contributed by atoms with Crippen LogP contribution in [0.2, 0.25) is 0 Å². The first-order chi connectivity index (χ1) is 16.1. The molecule has 1 aliphatic carbocycles. The molecule has 0 spiro atoms. The number of carbonyl (C=O) groups excluding carboxylic acids is 1. The third-order valence-corrected chi connectivity index (χ3v) is 7.47. The molecule has 0 atom stereocenters. The summed E-state index contributed by atoms with van der Waals surface area (Å²) in [6.07, 6.45) is 6.24. The standard InChI is InChI=1S/C26H24O6S/c27-17-10-11-19-16(12-24(28)31-23(19)13-17)14-30-26(29)25-21(15-33-18-6-2-1-3-7-18)20-8-4-5-9-22(20)32-25/h4-5,8-13,18,27H,1-3,6-7,14-15H2. The zero-order valence-electron chi connectivity index (χ0n) is 18.0. The minimum absolute atomic E-state index is 0.0119. The Hall–Kier alpha value is -3.19. The number of hydrogen-bond acceptors (Lipinski definition) is 7. The van der Waals surface area contributed by atoms with Gasteiger partial charge in [0.25, 0.3) is 0 Å². The Morgan fingerprint density at radius 1 is 1.00 bits per heavy atom. The van der Waals surface area contributed by atoms with Gasteiger partial charge in [-0.2, -0.15) is 11.8 Å². The van der Waals surface area contributed by atoms with Crippen molar-refractivity contribution in [3.63, 3.8) is 0 Å². The number of para-hydroxylation sites is 1. The van der Waals surface area contributed by atoms with Crippen molar-refractivity contribution in [3.05, 3.63) is 75.8 Å². The van der Waals surface area contributed by atoms with Crippen LogP contribution in [0.25, 0.3) is 21.9 Å². The van der Waals surface area contributed by atoms with Gasteiger partial charge in [-0.3, -0.25) is 0 Å². The van der Waals surface area contributed by atoms with Gasteiger partial charge in [0.05, 0.1) is 0 Å². The molecular formula is C26H24O6S. The molecule has 4 aromatic rings. The van der Waals surface area contributed by atoms with Crippen molar-refractivity contribution >= 4 is 39.7 Å². The lowest BCUT2D eigenvalue weighted by Gasteiger charge is -2.20. The second kappa shape index (κ2) is 9.35. The molecule has 33 heavy (non-hydrogen) atoms. The summed E-state index contributed by atoms with van der Waals surface area (Å²) in [4.78, 5) is 25.0. The van der Waals surface area contributed by atoms with Crippen molar-refractivity contribution in [2.24, 2.45) is 0 Å². The summed E-state index contributed by atoms with van der Waals surface area (Å²) in [6, 6.07) is 13.4. The Kier molecular flexibility index (Phi) is 6.13. The summed E-state index contributed by atoms with van der Waals surface area (Å²) < 4.78 is 16.6. The topological polar surface area (TPSA) is 89.9 Å². The third kappa shape index (κ3) is 4.64. The molecule has 170 valence electrons. The number of thioether (sulfide) groups is 1. The van der Waals surface area contributed by atoms with Gasteiger partial charge in [0.2, 0.25) is 5.76 Å².